The normalized spacial score (nSPS) is 16.5. The minimum Gasteiger partial charge on any atom is -0.487 e. The lowest BCUT2D eigenvalue weighted by Crippen LogP contribution is -2.36. The van der Waals surface area contributed by atoms with E-state index in [0.717, 1.165) is 22.4 Å². The van der Waals surface area contributed by atoms with Gasteiger partial charge in [-0.15, -0.1) is 0 Å². The van der Waals surface area contributed by atoms with Crippen LogP contribution >= 0.6 is 23.2 Å². The standard InChI is InChI=1S/C27H24Cl2FNO4/c1-27(13-17-2-6-21(28)7-3-17)14-20-10-18(5-9-24(20)35-27)12-25(32)31(16-26(33)34)15-19-4-8-23(30)22(29)11-19/h2-11H,12-16H2,1H3,(H,33,34)/t27-/m1/s1. The Bertz CT molecular complexity index is 1260. The third kappa shape index (κ3) is 6.32. The zero-order valence-electron chi connectivity index (χ0n) is 19.1. The van der Waals surface area contributed by atoms with E-state index >= 15 is 0 Å². The van der Waals surface area contributed by atoms with Crippen LogP contribution < -0.4 is 4.74 Å². The molecule has 1 atom stereocenters. The van der Waals surface area contributed by atoms with Gasteiger partial charge in [0, 0.05) is 24.4 Å². The molecule has 0 bridgehead atoms. The minimum absolute atomic E-state index is 0.0123. The molecule has 1 amide bonds. The molecule has 1 heterocycles. The van der Waals surface area contributed by atoms with Gasteiger partial charge in [0.15, 0.2) is 0 Å². The van der Waals surface area contributed by atoms with Gasteiger partial charge in [0.05, 0.1) is 11.4 Å². The van der Waals surface area contributed by atoms with Gasteiger partial charge in [-0.2, -0.15) is 0 Å². The summed E-state index contributed by atoms with van der Waals surface area (Å²) in [7, 11) is 0. The Morgan fingerprint density at radius 2 is 1.71 bits per heavy atom. The Morgan fingerprint density at radius 1 is 1.03 bits per heavy atom. The van der Waals surface area contributed by atoms with E-state index in [1.54, 1.807) is 0 Å². The van der Waals surface area contributed by atoms with Crippen molar-refractivity contribution in [3.8, 4) is 5.75 Å². The lowest BCUT2D eigenvalue weighted by atomic mass is 9.91. The number of benzene rings is 3. The number of amides is 1. The quantitative estimate of drug-likeness (QED) is 0.416. The molecule has 8 heteroatoms. The number of ether oxygens (including phenoxy) is 1. The second kappa shape index (κ2) is 10.3. The Balaban J connectivity index is 1.45. The fourth-order valence-corrected chi connectivity index (χ4v) is 4.69. The van der Waals surface area contributed by atoms with E-state index in [-0.39, 0.29) is 23.9 Å². The molecule has 35 heavy (non-hydrogen) atoms. The highest BCUT2D eigenvalue weighted by Gasteiger charge is 2.35. The molecule has 1 aliphatic rings. The molecule has 0 aliphatic carbocycles. The monoisotopic (exact) mass is 515 g/mol. The molecule has 0 radical (unpaired) electrons. The first-order valence-corrected chi connectivity index (χ1v) is 11.8. The Hall–Kier alpha value is -3.09. The highest BCUT2D eigenvalue weighted by molar-refractivity contribution is 6.31. The smallest absolute Gasteiger partial charge is 0.323 e. The maximum absolute atomic E-state index is 13.5. The van der Waals surface area contributed by atoms with Crippen molar-refractivity contribution >= 4 is 35.1 Å². The van der Waals surface area contributed by atoms with E-state index in [2.05, 4.69) is 6.92 Å². The number of nitrogens with zero attached hydrogens (tertiary/aromatic N) is 1. The fraction of sp³-hybridized carbons (Fsp3) is 0.259. The number of aliphatic carboxylic acids is 1. The topological polar surface area (TPSA) is 66.8 Å². The number of hydrogen-bond donors (Lipinski definition) is 1. The van der Waals surface area contributed by atoms with Crippen LogP contribution in [-0.4, -0.2) is 34.0 Å². The molecular weight excluding hydrogens is 492 g/mol. The van der Waals surface area contributed by atoms with Crippen molar-refractivity contribution in [1.82, 2.24) is 4.90 Å². The lowest BCUT2D eigenvalue weighted by molar-refractivity contribution is -0.144. The largest absolute Gasteiger partial charge is 0.487 e. The number of carboxylic acid groups (broad SMARTS) is 1. The van der Waals surface area contributed by atoms with Crippen LogP contribution in [0.5, 0.6) is 5.75 Å². The summed E-state index contributed by atoms with van der Waals surface area (Å²) in [6, 6.07) is 17.4. The van der Waals surface area contributed by atoms with E-state index in [1.165, 1.54) is 23.1 Å². The second-order valence-corrected chi connectivity index (χ2v) is 9.89. The van der Waals surface area contributed by atoms with Crippen LogP contribution in [0.2, 0.25) is 10.0 Å². The van der Waals surface area contributed by atoms with Crippen molar-refractivity contribution in [1.29, 1.82) is 0 Å². The van der Waals surface area contributed by atoms with Crippen LogP contribution in [0.15, 0.2) is 60.7 Å². The van der Waals surface area contributed by atoms with E-state index in [4.69, 9.17) is 27.9 Å². The molecule has 0 aromatic heterocycles. The lowest BCUT2D eigenvalue weighted by Gasteiger charge is -2.24. The summed E-state index contributed by atoms with van der Waals surface area (Å²) in [5.41, 5.74) is 3.01. The first-order chi connectivity index (χ1) is 16.6. The number of fused-ring (bicyclic) bond motifs is 1. The van der Waals surface area contributed by atoms with Gasteiger partial charge in [-0.1, -0.05) is 53.5 Å². The summed E-state index contributed by atoms with van der Waals surface area (Å²) in [4.78, 5) is 25.6. The van der Waals surface area contributed by atoms with Gasteiger partial charge in [-0.25, -0.2) is 4.39 Å². The zero-order valence-corrected chi connectivity index (χ0v) is 20.6. The number of carboxylic acids is 1. The maximum atomic E-state index is 13.5. The summed E-state index contributed by atoms with van der Waals surface area (Å²) >= 11 is 11.8. The molecule has 3 aromatic rings. The van der Waals surface area contributed by atoms with Crippen molar-refractivity contribution in [2.24, 2.45) is 0 Å². The highest BCUT2D eigenvalue weighted by Crippen LogP contribution is 2.37. The number of rotatable bonds is 8. The Kier molecular flexibility index (Phi) is 7.33. The number of carbonyl (C=O) groups excluding carboxylic acids is 1. The van der Waals surface area contributed by atoms with Gasteiger partial charge in [-0.05, 0) is 59.5 Å². The van der Waals surface area contributed by atoms with Gasteiger partial charge < -0.3 is 14.7 Å². The van der Waals surface area contributed by atoms with Gasteiger partial charge in [0.2, 0.25) is 5.91 Å². The first kappa shape index (κ1) is 25.0. The fourth-order valence-electron chi connectivity index (χ4n) is 4.36. The average Bonchev–Trinajstić information content (AvgIpc) is 3.12. The molecule has 0 unspecified atom stereocenters. The number of carbonyl (C=O) groups is 2. The average molecular weight is 516 g/mol. The van der Waals surface area contributed by atoms with Gasteiger partial charge in [-0.3, -0.25) is 9.59 Å². The molecule has 3 aromatic carbocycles. The molecule has 1 aliphatic heterocycles. The highest BCUT2D eigenvalue weighted by atomic mass is 35.5. The summed E-state index contributed by atoms with van der Waals surface area (Å²) < 4.78 is 19.7. The molecule has 1 N–H and O–H groups in total. The van der Waals surface area contributed by atoms with Gasteiger partial charge in [0.1, 0.15) is 23.7 Å². The number of halogens is 3. The number of hydrogen-bond acceptors (Lipinski definition) is 3. The van der Waals surface area contributed by atoms with Crippen molar-refractivity contribution in [3.05, 3.63) is 98.8 Å². The summed E-state index contributed by atoms with van der Waals surface area (Å²) in [6.07, 6.45) is 1.42. The van der Waals surface area contributed by atoms with E-state index in [9.17, 15) is 19.1 Å². The molecule has 182 valence electrons. The van der Waals surface area contributed by atoms with Crippen LogP contribution in [0.4, 0.5) is 4.39 Å². The second-order valence-electron chi connectivity index (χ2n) is 9.04. The Morgan fingerprint density at radius 3 is 2.40 bits per heavy atom. The van der Waals surface area contributed by atoms with E-state index in [0.29, 0.717) is 23.4 Å². The zero-order chi connectivity index (χ0) is 25.2. The van der Waals surface area contributed by atoms with Crippen molar-refractivity contribution in [2.75, 3.05) is 6.54 Å². The molecule has 0 saturated heterocycles. The van der Waals surface area contributed by atoms with Gasteiger partial charge >= 0.3 is 5.97 Å². The SMILES string of the molecule is C[C@@]1(Cc2ccc(Cl)cc2)Cc2cc(CC(=O)N(CC(=O)O)Cc3ccc(F)c(Cl)c3)ccc2O1. The third-order valence-corrected chi connectivity index (χ3v) is 6.47. The predicted octanol–water partition coefficient (Wildman–Crippen LogP) is 5.72. The minimum atomic E-state index is -1.13. The van der Waals surface area contributed by atoms with E-state index in [1.807, 2.05) is 42.5 Å². The summed E-state index contributed by atoms with van der Waals surface area (Å²) in [6.45, 7) is 1.59. The molecule has 0 spiro atoms. The van der Waals surface area contributed by atoms with E-state index < -0.39 is 23.9 Å². The summed E-state index contributed by atoms with van der Waals surface area (Å²) in [5, 5.41) is 9.90. The van der Waals surface area contributed by atoms with Crippen LogP contribution in [0, 0.1) is 5.82 Å². The van der Waals surface area contributed by atoms with Crippen molar-refractivity contribution < 1.29 is 23.8 Å². The third-order valence-electron chi connectivity index (χ3n) is 5.93. The molecule has 0 fully saturated rings. The molecular formula is C27H24Cl2FNO4. The van der Waals surface area contributed by atoms with Crippen molar-refractivity contribution in [2.45, 2.75) is 38.3 Å². The molecule has 4 rings (SSSR count). The van der Waals surface area contributed by atoms with Crippen LogP contribution in [0.3, 0.4) is 0 Å². The molecule has 5 nitrogen and oxygen atoms in total. The van der Waals surface area contributed by atoms with Crippen molar-refractivity contribution in [3.63, 3.8) is 0 Å². The van der Waals surface area contributed by atoms with Crippen LogP contribution in [0.1, 0.15) is 29.2 Å². The molecule has 0 saturated carbocycles. The van der Waals surface area contributed by atoms with Crippen LogP contribution in [0.25, 0.3) is 0 Å². The predicted molar refractivity (Wildman–Crippen MR) is 133 cm³/mol. The summed E-state index contributed by atoms with van der Waals surface area (Å²) in [5.74, 6) is -1.28. The van der Waals surface area contributed by atoms with Crippen LogP contribution in [-0.2, 0) is 35.4 Å². The maximum Gasteiger partial charge on any atom is 0.323 e. The Labute approximate surface area is 213 Å². The first-order valence-electron chi connectivity index (χ1n) is 11.1. The van der Waals surface area contributed by atoms with Gasteiger partial charge in [0.25, 0.3) is 0 Å².